The zero-order valence-corrected chi connectivity index (χ0v) is 17.6. The number of likely N-dealkylation sites (tertiary alicyclic amines) is 1. The summed E-state index contributed by atoms with van der Waals surface area (Å²) >= 11 is 0. The smallest absolute Gasteiger partial charge is 0.262 e. The number of hydrogen-bond donors (Lipinski definition) is 2. The van der Waals surface area contributed by atoms with Crippen molar-refractivity contribution in [1.82, 2.24) is 9.62 Å². The number of sulfonamides is 1. The van der Waals surface area contributed by atoms with Gasteiger partial charge in [0.1, 0.15) is 5.84 Å². The summed E-state index contributed by atoms with van der Waals surface area (Å²) in [6.07, 6.45) is 8.96. The number of nitrogens with zero attached hydrogens (tertiary/aromatic N) is 2. The molecule has 0 unspecified atom stereocenters. The highest BCUT2D eigenvalue weighted by atomic mass is 32.2. The number of piperidine rings is 1. The number of hydrogen-bond acceptors (Lipinski definition) is 5. The topological polar surface area (TPSA) is 90.9 Å². The number of amidine groups is 1. The molecular weight excluding hydrogens is 388 g/mol. The standard InChI is InChI=1S/C21H30N4O3S/c26-21(15-25-13-5-7-16-6-1-2-10-19(16)25)23-17-8-3-9-18(14-17)29(27,28)24-20-11-4-12-22-20/h3,8-9,14,16,19H,1-2,4-7,10-13,15H2,(H,22,24)(H,23,26)/t16-,19+/m1/s1. The third kappa shape index (κ3) is 4.98. The molecule has 1 saturated carbocycles. The molecule has 0 spiro atoms. The predicted molar refractivity (Wildman–Crippen MR) is 113 cm³/mol. The largest absolute Gasteiger partial charge is 0.325 e. The molecule has 7 nitrogen and oxygen atoms in total. The summed E-state index contributed by atoms with van der Waals surface area (Å²) in [5.74, 6) is 1.15. The lowest BCUT2D eigenvalue weighted by Gasteiger charge is -2.43. The first-order chi connectivity index (χ1) is 14.0. The summed E-state index contributed by atoms with van der Waals surface area (Å²) in [5, 5.41) is 2.89. The molecule has 1 aromatic rings. The summed E-state index contributed by atoms with van der Waals surface area (Å²) < 4.78 is 27.7. The lowest BCUT2D eigenvalue weighted by Crippen LogP contribution is -2.49. The summed E-state index contributed by atoms with van der Waals surface area (Å²) in [5.41, 5.74) is 0.503. The minimum atomic E-state index is -3.69. The third-order valence-corrected chi connectivity index (χ3v) is 7.64. The summed E-state index contributed by atoms with van der Waals surface area (Å²) in [6, 6.07) is 6.94. The molecule has 2 N–H and O–H groups in total. The van der Waals surface area contributed by atoms with Crippen molar-refractivity contribution in [3.05, 3.63) is 24.3 Å². The van der Waals surface area contributed by atoms with Crippen LogP contribution in [0.1, 0.15) is 51.4 Å². The second-order valence-electron chi connectivity index (χ2n) is 8.34. The maximum atomic E-state index is 12.7. The third-order valence-electron chi connectivity index (χ3n) is 6.26. The Balaban J connectivity index is 1.39. The van der Waals surface area contributed by atoms with E-state index < -0.39 is 10.0 Å². The minimum absolute atomic E-state index is 0.0844. The molecule has 29 heavy (non-hydrogen) atoms. The second-order valence-corrected chi connectivity index (χ2v) is 10.0. The van der Waals surface area contributed by atoms with Crippen LogP contribution in [0.5, 0.6) is 0 Å². The summed E-state index contributed by atoms with van der Waals surface area (Å²) in [4.78, 5) is 19.3. The first kappa shape index (κ1) is 20.3. The van der Waals surface area contributed by atoms with Crippen molar-refractivity contribution in [2.45, 2.75) is 62.3 Å². The van der Waals surface area contributed by atoms with Crippen LogP contribution in [0.3, 0.4) is 0 Å². The van der Waals surface area contributed by atoms with Gasteiger partial charge in [0, 0.05) is 24.7 Å². The van der Waals surface area contributed by atoms with Gasteiger partial charge in [-0.15, -0.1) is 0 Å². The number of carbonyl (C=O) groups is 1. The molecule has 2 fully saturated rings. The Bertz CT molecular complexity index is 882. The molecule has 0 radical (unpaired) electrons. The van der Waals surface area contributed by atoms with E-state index in [2.05, 4.69) is 19.9 Å². The van der Waals surface area contributed by atoms with Crippen LogP contribution in [0.15, 0.2) is 34.2 Å². The van der Waals surface area contributed by atoms with E-state index in [9.17, 15) is 13.2 Å². The molecule has 3 aliphatic rings. The normalized spacial score (nSPS) is 25.2. The van der Waals surface area contributed by atoms with Crippen molar-refractivity contribution in [3.63, 3.8) is 0 Å². The molecular formula is C21H30N4O3S. The molecule has 2 heterocycles. The molecule has 1 saturated heterocycles. The van der Waals surface area contributed by atoms with E-state index in [4.69, 9.17) is 0 Å². The minimum Gasteiger partial charge on any atom is -0.325 e. The average molecular weight is 419 g/mol. The fourth-order valence-electron chi connectivity index (χ4n) is 4.89. The molecule has 0 bridgehead atoms. The molecule has 2 aliphatic heterocycles. The lowest BCUT2D eigenvalue weighted by molar-refractivity contribution is -0.118. The van der Waals surface area contributed by atoms with Gasteiger partial charge in [-0.25, -0.2) is 8.42 Å². The van der Waals surface area contributed by atoms with Gasteiger partial charge in [0.25, 0.3) is 10.0 Å². The van der Waals surface area contributed by atoms with E-state index in [1.165, 1.54) is 44.2 Å². The molecule has 1 amide bonds. The van der Waals surface area contributed by atoms with Crippen molar-refractivity contribution >= 4 is 27.5 Å². The van der Waals surface area contributed by atoms with Gasteiger partial charge in [0.15, 0.2) is 0 Å². The van der Waals surface area contributed by atoms with E-state index in [0.717, 1.165) is 25.3 Å². The number of amides is 1. The first-order valence-corrected chi connectivity index (χ1v) is 12.2. The van der Waals surface area contributed by atoms with Crippen LogP contribution in [0.25, 0.3) is 0 Å². The van der Waals surface area contributed by atoms with Crippen molar-refractivity contribution in [2.75, 3.05) is 25.0 Å². The fourth-order valence-corrected chi connectivity index (χ4v) is 6.02. The van der Waals surface area contributed by atoms with Crippen LogP contribution >= 0.6 is 0 Å². The monoisotopic (exact) mass is 418 g/mol. The molecule has 4 rings (SSSR count). The van der Waals surface area contributed by atoms with Crippen LogP contribution in [-0.2, 0) is 14.8 Å². The maximum absolute atomic E-state index is 12.7. The Morgan fingerprint density at radius 2 is 1.97 bits per heavy atom. The Morgan fingerprint density at radius 3 is 2.79 bits per heavy atom. The average Bonchev–Trinajstić information content (AvgIpc) is 3.21. The van der Waals surface area contributed by atoms with E-state index in [1.54, 1.807) is 12.1 Å². The van der Waals surface area contributed by atoms with Gasteiger partial charge in [0.2, 0.25) is 5.91 Å². The van der Waals surface area contributed by atoms with Gasteiger partial charge in [-0.1, -0.05) is 18.9 Å². The van der Waals surface area contributed by atoms with Crippen LogP contribution < -0.4 is 10.0 Å². The van der Waals surface area contributed by atoms with Crippen LogP contribution in [0.4, 0.5) is 5.69 Å². The zero-order valence-electron chi connectivity index (χ0n) is 16.8. The van der Waals surface area contributed by atoms with E-state index in [1.807, 2.05) is 0 Å². The van der Waals surface area contributed by atoms with E-state index in [-0.39, 0.29) is 10.8 Å². The van der Waals surface area contributed by atoms with Gasteiger partial charge >= 0.3 is 0 Å². The number of anilines is 1. The summed E-state index contributed by atoms with van der Waals surface area (Å²) in [7, 11) is -3.69. The highest BCUT2D eigenvalue weighted by Gasteiger charge is 2.33. The first-order valence-electron chi connectivity index (χ1n) is 10.7. The van der Waals surface area contributed by atoms with E-state index in [0.29, 0.717) is 37.1 Å². The fraction of sp³-hybridized carbons (Fsp3) is 0.619. The van der Waals surface area contributed by atoms with Crippen molar-refractivity contribution in [3.8, 4) is 0 Å². The molecule has 2 atom stereocenters. The number of rotatable bonds is 5. The number of fused-ring (bicyclic) bond motifs is 1. The number of benzene rings is 1. The van der Waals surface area contributed by atoms with Gasteiger partial charge in [0.05, 0.1) is 11.4 Å². The number of nitrogens with one attached hydrogen (secondary N) is 2. The van der Waals surface area contributed by atoms with Crippen molar-refractivity contribution in [1.29, 1.82) is 0 Å². The molecule has 1 aromatic carbocycles. The number of aliphatic imine (C=N–C) groups is 1. The highest BCUT2D eigenvalue weighted by molar-refractivity contribution is 7.90. The highest BCUT2D eigenvalue weighted by Crippen LogP contribution is 2.35. The molecule has 0 aromatic heterocycles. The zero-order chi connectivity index (χ0) is 20.3. The van der Waals surface area contributed by atoms with Crippen LogP contribution in [0, 0.1) is 5.92 Å². The Morgan fingerprint density at radius 1 is 1.14 bits per heavy atom. The SMILES string of the molecule is O=C(CN1CCC[C@H]2CCCC[C@@H]21)Nc1cccc(S(=O)(=O)NC2=NCCC2)c1. The van der Waals surface area contributed by atoms with Crippen LogP contribution in [0.2, 0.25) is 0 Å². The predicted octanol–water partition coefficient (Wildman–Crippen LogP) is 2.75. The van der Waals surface area contributed by atoms with Gasteiger partial charge in [-0.05, 0) is 62.8 Å². The van der Waals surface area contributed by atoms with Crippen molar-refractivity contribution in [2.24, 2.45) is 10.9 Å². The lowest BCUT2D eigenvalue weighted by atomic mass is 9.78. The Hall–Kier alpha value is -1.93. The van der Waals surface area contributed by atoms with Crippen LogP contribution in [-0.4, -0.2) is 50.7 Å². The quantitative estimate of drug-likeness (QED) is 0.769. The molecule has 158 valence electrons. The number of carbonyl (C=O) groups excluding carboxylic acids is 1. The molecule has 8 heteroatoms. The maximum Gasteiger partial charge on any atom is 0.262 e. The molecule has 1 aliphatic carbocycles. The van der Waals surface area contributed by atoms with Crippen molar-refractivity contribution < 1.29 is 13.2 Å². The second kappa shape index (κ2) is 8.83. The van der Waals surface area contributed by atoms with Gasteiger partial charge < -0.3 is 5.32 Å². The Kier molecular flexibility index (Phi) is 6.20. The van der Waals surface area contributed by atoms with Gasteiger partial charge in [-0.2, -0.15) is 0 Å². The summed E-state index contributed by atoms with van der Waals surface area (Å²) in [6.45, 7) is 1.99. The Labute approximate surface area is 173 Å². The van der Waals surface area contributed by atoms with Gasteiger partial charge in [-0.3, -0.25) is 19.4 Å². The van der Waals surface area contributed by atoms with E-state index >= 15 is 0 Å².